The molecule has 0 bridgehead atoms. The molecule has 0 heterocycles. The zero-order chi connectivity index (χ0) is 28.9. The van der Waals surface area contributed by atoms with E-state index < -0.39 is 0 Å². The van der Waals surface area contributed by atoms with Gasteiger partial charge in [-0.15, -0.1) is 0 Å². The fourth-order valence-electron chi connectivity index (χ4n) is 10.4. The summed E-state index contributed by atoms with van der Waals surface area (Å²) in [6.45, 7) is 15.7. The highest BCUT2D eigenvalue weighted by atomic mass is 16.3. The molecular weight excluding hydrogens is 496 g/mol. The lowest BCUT2D eigenvalue weighted by molar-refractivity contribution is -0.167. The molecule has 4 fully saturated rings. The summed E-state index contributed by atoms with van der Waals surface area (Å²) in [6.07, 6.45) is 14.9. The first-order valence-corrected chi connectivity index (χ1v) is 17.2. The fraction of sp³-hybridized carbons (Fsp3) is 0.971. The molecule has 232 valence electrons. The molecule has 6 heteroatoms. The summed E-state index contributed by atoms with van der Waals surface area (Å²) in [5.41, 5.74) is 6.28. The lowest BCUT2D eigenvalue weighted by atomic mass is 9.43. The smallest absolute Gasteiger partial charge is 0.220 e. The quantitative estimate of drug-likeness (QED) is 0.187. The number of aliphatic hydroxyl groups is 1. The molecule has 4 aliphatic rings. The Morgan fingerprint density at radius 3 is 2.40 bits per heavy atom. The zero-order valence-electron chi connectivity index (χ0n) is 26.6. The Kier molecular flexibility index (Phi) is 11.4. The number of aliphatic hydroxyl groups excluding tert-OH is 1. The normalized spacial score (nSPS) is 39.9. The van der Waals surface area contributed by atoms with E-state index in [-0.39, 0.29) is 18.1 Å². The summed E-state index contributed by atoms with van der Waals surface area (Å²) >= 11 is 0. The Labute approximate surface area is 246 Å². The van der Waals surface area contributed by atoms with E-state index in [1.54, 1.807) is 0 Å². The Bertz CT molecular complexity index is 807. The average molecular weight is 561 g/mol. The highest BCUT2D eigenvalue weighted by Crippen LogP contribution is 2.68. The van der Waals surface area contributed by atoms with Crippen LogP contribution < -0.4 is 21.7 Å². The molecular formula is C34H64N4O2. The zero-order valence-corrected chi connectivity index (χ0v) is 26.6. The van der Waals surface area contributed by atoms with E-state index in [4.69, 9.17) is 5.73 Å². The largest absolute Gasteiger partial charge is 0.393 e. The first kappa shape index (κ1) is 32.2. The first-order valence-electron chi connectivity index (χ1n) is 17.2. The van der Waals surface area contributed by atoms with Gasteiger partial charge in [-0.05, 0) is 163 Å². The second kappa shape index (κ2) is 14.2. The lowest BCUT2D eigenvalue weighted by Crippen LogP contribution is -2.59. The van der Waals surface area contributed by atoms with Crippen molar-refractivity contribution in [2.24, 2.45) is 52.1 Å². The number of nitrogens with two attached hydrogens (primary N) is 1. The maximum Gasteiger partial charge on any atom is 0.220 e. The number of nitrogens with one attached hydrogen (secondary N) is 3. The first-order chi connectivity index (χ1) is 19.1. The third-order valence-corrected chi connectivity index (χ3v) is 12.5. The minimum atomic E-state index is -0.143. The summed E-state index contributed by atoms with van der Waals surface area (Å²) in [6, 6.07) is 0.826. The van der Waals surface area contributed by atoms with Crippen LogP contribution in [0.5, 0.6) is 0 Å². The number of amides is 1. The summed E-state index contributed by atoms with van der Waals surface area (Å²) in [5.74, 6) is 3.87. The molecule has 0 aromatic carbocycles. The molecule has 10 atom stereocenters. The third kappa shape index (κ3) is 7.09. The molecule has 0 saturated heterocycles. The van der Waals surface area contributed by atoms with Crippen LogP contribution >= 0.6 is 0 Å². The molecule has 40 heavy (non-hydrogen) atoms. The van der Waals surface area contributed by atoms with Crippen LogP contribution in [0.25, 0.3) is 0 Å². The Balaban J connectivity index is 1.30. The van der Waals surface area contributed by atoms with Crippen molar-refractivity contribution in [2.45, 2.75) is 136 Å². The van der Waals surface area contributed by atoms with E-state index in [1.165, 1.54) is 57.8 Å². The van der Waals surface area contributed by atoms with Gasteiger partial charge in [0.05, 0.1) is 6.10 Å². The second-order valence-electron chi connectivity index (χ2n) is 15.3. The SMILES string of the molecule is CC(C)NC(=O)CC[C@@H](C)[C@H]1CCC2C3C(O)CC4C[C@@H](NCCCNCCCCN)CC[C@]4(C)C3CC[C@@]21C. The number of rotatable bonds is 14. The Hall–Kier alpha value is -0.690. The van der Waals surface area contributed by atoms with E-state index in [1.807, 2.05) is 13.8 Å². The van der Waals surface area contributed by atoms with Crippen molar-refractivity contribution in [1.82, 2.24) is 16.0 Å². The maximum absolute atomic E-state index is 12.3. The summed E-state index contributed by atoms with van der Waals surface area (Å²) in [4.78, 5) is 12.3. The van der Waals surface area contributed by atoms with Gasteiger partial charge in [0.1, 0.15) is 0 Å². The van der Waals surface area contributed by atoms with Crippen molar-refractivity contribution in [3.63, 3.8) is 0 Å². The van der Waals surface area contributed by atoms with Gasteiger partial charge in [-0.1, -0.05) is 20.8 Å². The number of unbranched alkanes of at least 4 members (excludes halogenated alkanes) is 1. The van der Waals surface area contributed by atoms with Crippen molar-refractivity contribution in [2.75, 3.05) is 26.2 Å². The Morgan fingerprint density at radius 1 is 0.925 bits per heavy atom. The number of hydrogen-bond acceptors (Lipinski definition) is 5. The van der Waals surface area contributed by atoms with Gasteiger partial charge < -0.3 is 26.8 Å². The van der Waals surface area contributed by atoms with E-state index in [2.05, 4.69) is 36.7 Å². The lowest BCUT2D eigenvalue weighted by Gasteiger charge is -2.62. The van der Waals surface area contributed by atoms with Crippen LogP contribution in [0.1, 0.15) is 118 Å². The maximum atomic E-state index is 12.3. The van der Waals surface area contributed by atoms with E-state index in [0.717, 1.165) is 45.4 Å². The average Bonchev–Trinajstić information content (AvgIpc) is 3.26. The van der Waals surface area contributed by atoms with E-state index in [0.29, 0.717) is 58.8 Å². The van der Waals surface area contributed by atoms with Crippen LogP contribution in [0.3, 0.4) is 0 Å². The van der Waals surface area contributed by atoms with Gasteiger partial charge in [0, 0.05) is 18.5 Å². The second-order valence-corrected chi connectivity index (χ2v) is 15.3. The van der Waals surface area contributed by atoms with Crippen LogP contribution in [0.15, 0.2) is 0 Å². The molecule has 5 unspecified atom stereocenters. The monoisotopic (exact) mass is 561 g/mol. The van der Waals surface area contributed by atoms with Gasteiger partial charge in [-0.3, -0.25) is 4.79 Å². The van der Waals surface area contributed by atoms with Crippen molar-refractivity contribution in [3.05, 3.63) is 0 Å². The molecule has 6 nitrogen and oxygen atoms in total. The molecule has 4 saturated carbocycles. The molecule has 1 amide bonds. The van der Waals surface area contributed by atoms with Crippen LogP contribution in [0.4, 0.5) is 0 Å². The van der Waals surface area contributed by atoms with Crippen LogP contribution in [0, 0.1) is 46.3 Å². The van der Waals surface area contributed by atoms with Gasteiger partial charge in [-0.2, -0.15) is 0 Å². The molecule has 0 radical (unpaired) electrons. The molecule has 6 N–H and O–H groups in total. The fourth-order valence-corrected chi connectivity index (χ4v) is 10.4. The van der Waals surface area contributed by atoms with Gasteiger partial charge in [-0.25, -0.2) is 0 Å². The molecule has 0 spiro atoms. The van der Waals surface area contributed by atoms with E-state index >= 15 is 0 Å². The van der Waals surface area contributed by atoms with Crippen LogP contribution in [0.2, 0.25) is 0 Å². The Morgan fingerprint density at radius 2 is 1.65 bits per heavy atom. The predicted molar refractivity (Wildman–Crippen MR) is 166 cm³/mol. The van der Waals surface area contributed by atoms with Crippen molar-refractivity contribution in [1.29, 1.82) is 0 Å². The topological polar surface area (TPSA) is 99.4 Å². The molecule has 0 aromatic heterocycles. The van der Waals surface area contributed by atoms with E-state index in [9.17, 15) is 9.90 Å². The number of carbonyl (C=O) groups is 1. The number of hydrogen-bond donors (Lipinski definition) is 5. The predicted octanol–water partition coefficient (Wildman–Crippen LogP) is 5.23. The number of carbonyl (C=O) groups excluding carboxylic acids is 1. The van der Waals surface area contributed by atoms with Crippen molar-refractivity contribution >= 4 is 5.91 Å². The number of fused-ring (bicyclic) bond motifs is 5. The highest BCUT2D eigenvalue weighted by molar-refractivity contribution is 5.76. The van der Waals surface area contributed by atoms with Gasteiger partial charge in [0.2, 0.25) is 5.91 Å². The standard InChI is InChI=1S/C34H64N4O2/c1-23(2)38-31(40)12-9-24(3)27-10-11-28-32-29(14-16-34(27,28)5)33(4)15-13-26(21-25(33)22-30(32)39)37-20-8-19-36-18-7-6-17-35/h23-30,32,36-37,39H,6-22,35H2,1-5H3,(H,38,40)/t24-,25?,26+,27-,28?,29?,30?,32?,33+,34-/m1/s1. The van der Waals surface area contributed by atoms with Crippen LogP contribution in [-0.2, 0) is 4.79 Å². The molecule has 4 aliphatic carbocycles. The summed E-state index contributed by atoms with van der Waals surface area (Å²) < 4.78 is 0. The molecule has 0 aliphatic heterocycles. The minimum absolute atomic E-state index is 0.143. The van der Waals surface area contributed by atoms with Gasteiger partial charge in [0.15, 0.2) is 0 Å². The van der Waals surface area contributed by atoms with Crippen molar-refractivity contribution < 1.29 is 9.90 Å². The van der Waals surface area contributed by atoms with Crippen molar-refractivity contribution in [3.8, 4) is 0 Å². The molecule has 4 rings (SSSR count). The minimum Gasteiger partial charge on any atom is -0.393 e. The van der Waals surface area contributed by atoms with Gasteiger partial charge in [0.25, 0.3) is 0 Å². The van der Waals surface area contributed by atoms with Gasteiger partial charge >= 0.3 is 0 Å². The summed E-state index contributed by atoms with van der Waals surface area (Å²) in [5, 5.41) is 22.2. The third-order valence-electron chi connectivity index (χ3n) is 12.5. The summed E-state index contributed by atoms with van der Waals surface area (Å²) in [7, 11) is 0. The highest BCUT2D eigenvalue weighted by Gasteiger charge is 2.62. The van der Waals surface area contributed by atoms with Crippen LogP contribution in [-0.4, -0.2) is 55.4 Å². The molecule has 0 aromatic rings.